The second kappa shape index (κ2) is 6.04. The first-order valence-corrected chi connectivity index (χ1v) is 6.07. The van der Waals surface area contributed by atoms with Crippen LogP contribution in [0, 0.1) is 10.1 Å². The highest BCUT2D eigenvalue weighted by atomic mass is 32.2. The first-order chi connectivity index (χ1) is 8.06. The van der Waals surface area contributed by atoms with Gasteiger partial charge in [-0.3, -0.25) is 10.1 Å². The van der Waals surface area contributed by atoms with Gasteiger partial charge in [0.25, 0.3) is 0 Å². The third kappa shape index (κ3) is 3.59. The Morgan fingerprint density at radius 1 is 1.65 bits per heavy atom. The topological polar surface area (TPSA) is 105 Å². The largest absolute Gasteiger partial charge is 0.477 e. The lowest BCUT2D eigenvalue weighted by Crippen LogP contribution is -2.10. The van der Waals surface area contributed by atoms with Crippen molar-refractivity contribution in [1.82, 2.24) is 4.98 Å². The van der Waals surface area contributed by atoms with Crippen molar-refractivity contribution in [3.8, 4) is 0 Å². The van der Waals surface area contributed by atoms with Crippen molar-refractivity contribution in [3.05, 3.63) is 27.9 Å². The molecule has 1 heterocycles. The number of nitrogens with one attached hydrogen (secondary N) is 1. The van der Waals surface area contributed by atoms with Crippen LogP contribution in [0.15, 0.2) is 12.1 Å². The van der Waals surface area contributed by atoms with Crippen molar-refractivity contribution in [2.75, 3.05) is 23.9 Å². The Balaban J connectivity index is 2.98. The molecule has 0 atom stereocenters. The average molecular weight is 257 g/mol. The number of pyridine rings is 1. The SMILES string of the molecule is CSCCNc1nc(C(=O)O)ccc1[N+](=O)[O-]. The lowest BCUT2D eigenvalue weighted by molar-refractivity contribution is -0.384. The number of nitrogens with zero attached hydrogens (tertiary/aromatic N) is 2. The number of hydrogen-bond acceptors (Lipinski definition) is 6. The van der Waals surface area contributed by atoms with Crippen molar-refractivity contribution < 1.29 is 14.8 Å². The summed E-state index contributed by atoms with van der Waals surface area (Å²) < 4.78 is 0. The third-order valence-corrected chi connectivity index (χ3v) is 2.50. The van der Waals surface area contributed by atoms with Gasteiger partial charge in [0, 0.05) is 18.4 Å². The smallest absolute Gasteiger partial charge is 0.354 e. The van der Waals surface area contributed by atoms with Gasteiger partial charge < -0.3 is 10.4 Å². The maximum atomic E-state index is 10.7. The Morgan fingerprint density at radius 2 is 2.35 bits per heavy atom. The van der Waals surface area contributed by atoms with Gasteiger partial charge in [-0.2, -0.15) is 11.8 Å². The van der Waals surface area contributed by atoms with E-state index >= 15 is 0 Å². The number of nitro groups is 1. The molecule has 0 saturated carbocycles. The van der Waals surface area contributed by atoms with Gasteiger partial charge in [-0.1, -0.05) is 0 Å². The Bertz CT molecular complexity index is 438. The molecule has 1 aromatic rings. The quantitative estimate of drug-likeness (QED) is 0.451. The molecule has 0 aliphatic carbocycles. The van der Waals surface area contributed by atoms with Crippen LogP contribution in [-0.2, 0) is 0 Å². The standard InChI is InChI=1S/C9H11N3O4S/c1-17-5-4-10-8-7(12(15)16)3-2-6(11-8)9(13)14/h2-3H,4-5H2,1H3,(H,10,11)(H,13,14). The summed E-state index contributed by atoms with van der Waals surface area (Å²) in [6.07, 6.45) is 1.90. The molecule has 8 heteroatoms. The van der Waals surface area contributed by atoms with Crippen LogP contribution in [0.2, 0.25) is 0 Å². The minimum atomic E-state index is -1.21. The number of hydrogen-bond donors (Lipinski definition) is 2. The maximum absolute atomic E-state index is 10.7. The second-order valence-electron chi connectivity index (χ2n) is 3.05. The molecule has 0 spiro atoms. The van der Waals surface area contributed by atoms with E-state index in [9.17, 15) is 14.9 Å². The molecule has 1 rings (SSSR count). The first-order valence-electron chi connectivity index (χ1n) is 4.67. The zero-order valence-electron chi connectivity index (χ0n) is 9.04. The zero-order valence-corrected chi connectivity index (χ0v) is 9.86. The molecule has 7 nitrogen and oxygen atoms in total. The molecule has 92 valence electrons. The van der Waals surface area contributed by atoms with Crippen LogP contribution < -0.4 is 5.32 Å². The van der Waals surface area contributed by atoms with Crippen molar-refractivity contribution in [2.24, 2.45) is 0 Å². The van der Waals surface area contributed by atoms with Crippen molar-refractivity contribution >= 4 is 29.2 Å². The number of thioether (sulfide) groups is 1. The van der Waals surface area contributed by atoms with Gasteiger partial charge in [0.1, 0.15) is 0 Å². The van der Waals surface area contributed by atoms with Crippen LogP contribution in [0.4, 0.5) is 11.5 Å². The van der Waals surface area contributed by atoms with E-state index in [2.05, 4.69) is 10.3 Å². The molecule has 2 N–H and O–H groups in total. The van der Waals surface area contributed by atoms with Crippen molar-refractivity contribution in [2.45, 2.75) is 0 Å². The van der Waals surface area contributed by atoms with E-state index in [1.807, 2.05) is 6.26 Å². The van der Waals surface area contributed by atoms with Gasteiger partial charge in [0.15, 0.2) is 5.69 Å². The van der Waals surface area contributed by atoms with Gasteiger partial charge in [-0.05, 0) is 12.3 Å². The summed E-state index contributed by atoms with van der Waals surface area (Å²) in [5, 5.41) is 22.2. The number of carbonyl (C=O) groups is 1. The molecule has 0 aliphatic heterocycles. The van der Waals surface area contributed by atoms with Crippen LogP contribution in [-0.4, -0.2) is 39.5 Å². The molecule has 0 saturated heterocycles. The molecule has 0 amide bonds. The highest BCUT2D eigenvalue weighted by Crippen LogP contribution is 2.21. The molecule has 0 aromatic carbocycles. The number of carboxylic acids is 1. The van der Waals surface area contributed by atoms with Crippen LogP contribution in [0.25, 0.3) is 0 Å². The Hall–Kier alpha value is -1.83. The summed E-state index contributed by atoms with van der Waals surface area (Å²) in [6.45, 7) is 0.484. The minimum absolute atomic E-state index is 0.0102. The predicted octanol–water partition coefficient (Wildman–Crippen LogP) is 1.46. The van der Waals surface area contributed by atoms with Gasteiger partial charge in [-0.15, -0.1) is 0 Å². The molecular formula is C9H11N3O4S. The molecule has 0 bridgehead atoms. The fraction of sp³-hybridized carbons (Fsp3) is 0.333. The van der Waals surface area contributed by atoms with E-state index in [1.54, 1.807) is 11.8 Å². The van der Waals surface area contributed by atoms with Gasteiger partial charge in [0.2, 0.25) is 5.82 Å². The van der Waals surface area contributed by atoms with Crippen LogP contribution in [0.1, 0.15) is 10.5 Å². The van der Waals surface area contributed by atoms with Crippen LogP contribution >= 0.6 is 11.8 Å². The molecule has 0 aliphatic rings. The monoisotopic (exact) mass is 257 g/mol. The zero-order chi connectivity index (χ0) is 12.8. The van der Waals surface area contributed by atoms with Crippen molar-refractivity contribution in [3.63, 3.8) is 0 Å². The molecular weight excluding hydrogens is 246 g/mol. The van der Waals surface area contributed by atoms with E-state index in [1.165, 1.54) is 0 Å². The molecule has 0 fully saturated rings. The third-order valence-electron chi connectivity index (χ3n) is 1.89. The Labute approximate surface area is 101 Å². The number of rotatable bonds is 6. The Kier molecular flexibility index (Phi) is 4.70. The highest BCUT2D eigenvalue weighted by Gasteiger charge is 2.17. The average Bonchev–Trinajstić information content (AvgIpc) is 2.28. The van der Waals surface area contributed by atoms with Crippen molar-refractivity contribution in [1.29, 1.82) is 0 Å². The first kappa shape index (κ1) is 13.2. The summed E-state index contributed by atoms with van der Waals surface area (Å²) in [7, 11) is 0. The fourth-order valence-corrected chi connectivity index (χ4v) is 1.43. The lowest BCUT2D eigenvalue weighted by Gasteiger charge is -2.05. The van der Waals surface area contributed by atoms with E-state index in [0.29, 0.717) is 6.54 Å². The summed E-state index contributed by atoms with van der Waals surface area (Å²) in [5.74, 6) is -0.479. The minimum Gasteiger partial charge on any atom is -0.477 e. The fourth-order valence-electron chi connectivity index (χ4n) is 1.12. The second-order valence-corrected chi connectivity index (χ2v) is 4.03. The van der Waals surface area contributed by atoms with E-state index in [4.69, 9.17) is 5.11 Å². The predicted molar refractivity (Wildman–Crippen MR) is 64.7 cm³/mol. The number of carboxylic acid groups (broad SMARTS) is 1. The number of anilines is 1. The summed E-state index contributed by atoms with van der Waals surface area (Å²) in [6, 6.07) is 2.25. The van der Waals surface area contributed by atoms with Crippen LogP contribution in [0.5, 0.6) is 0 Å². The van der Waals surface area contributed by atoms with Gasteiger partial charge >= 0.3 is 11.7 Å². The van der Waals surface area contributed by atoms with Gasteiger partial charge in [-0.25, -0.2) is 9.78 Å². The molecule has 0 unspecified atom stereocenters. The summed E-state index contributed by atoms with van der Waals surface area (Å²) in [5.41, 5.74) is -0.446. The van der Waals surface area contributed by atoms with E-state index < -0.39 is 10.9 Å². The normalized spacial score (nSPS) is 9.94. The van der Waals surface area contributed by atoms with Crippen LogP contribution in [0.3, 0.4) is 0 Å². The highest BCUT2D eigenvalue weighted by molar-refractivity contribution is 7.98. The summed E-state index contributed by atoms with van der Waals surface area (Å²) in [4.78, 5) is 24.5. The molecule has 0 radical (unpaired) electrons. The van der Waals surface area contributed by atoms with E-state index in [-0.39, 0.29) is 17.2 Å². The number of aromatic carboxylic acids is 1. The Morgan fingerprint density at radius 3 is 2.88 bits per heavy atom. The maximum Gasteiger partial charge on any atom is 0.354 e. The number of aromatic nitrogens is 1. The molecule has 17 heavy (non-hydrogen) atoms. The summed E-state index contributed by atoms with van der Waals surface area (Å²) >= 11 is 1.57. The van der Waals surface area contributed by atoms with E-state index in [0.717, 1.165) is 17.9 Å². The lowest BCUT2D eigenvalue weighted by atomic mass is 10.3. The molecule has 1 aromatic heterocycles. The van der Waals surface area contributed by atoms with Gasteiger partial charge in [0.05, 0.1) is 4.92 Å².